The zero-order valence-corrected chi connectivity index (χ0v) is 16.7. The second-order valence-electron chi connectivity index (χ2n) is 7.10. The SMILES string of the molecule is O=C(NCC#Cc1cc(F)c(F)cc1C(=O)O)OCC1c2ccccc2-c2ccccc21. The van der Waals surface area contributed by atoms with Crippen LogP contribution in [-0.4, -0.2) is 30.3 Å². The van der Waals surface area contributed by atoms with Crippen molar-refractivity contribution in [2.75, 3.05) is 13.2 Å². The van der Waals surface area contributed by atoms with Crippen LogP contribution in [0.4, 0.5) is 13.6 Å². The third-order valence-electron chi connectivity index (χ3n) is 5.18. The monoisotopic (exact) mass is 433 g/mol. The quantitative estimate of drug-likeness (QED) is 0.592. The van der Waals surface area contributed by atoms with Gasteiger partial charge in [0.2, 0.25) is 0 Å². The highest BCUT2D eigenvalue weighted by Crippen LogP contribution is 2.44. The number of halogens is 2. The lowest BCUT2D eigenvalue weighted by Gasteiger charge is -2.14. The van der Waals surface area contributed by atoms with Crippen molar-refractivity contribution in [2.45, 2.75) is 5.92 Å². The van der Waals surface area contributed by atoms with Crippen LogP contribution in [-0.2, 0) is 4.74 Å². The molecule has 32 heavy (non-hydrogen) atoms. The van der Waals surface area contributed by atoms with Crippen LogP contribution in [0.2, 0.25) is 0 Å². The van der Waals surface area contributed by atoms with Crippen LogP contribution in [0.3, 0.4) is 0 Å². The predicted octanol–water partition coefficient (Wildman–Crippen LogP) is 4.55. The minimum Gasteiger partial charge on any atom is -0.478 e. The Morgan fingerprint density at radius 2 is 1.56 bits per heavy atom. The molecule has 160 valence electrons. The molecule has 1 aliphatic rings. The molecule has 7 heteroatoms. The smallest absolute Gasteiger partial charge is 0.407 e. The van der Waals surface area contributed by atoms with E-state index in [1.54, 1.807) is 0 Å². The van der Waals surface area contributed by atoms with E-state index in [0.29, 0.717) is 12.1 Å². The summed E-state index contributed by atoms with van der Waals surface area (Å²) in [4.78, 5) is 23.3. The molecular formula is C25H17F2NO4. The largest absolute Gasteiger partial charge is 0.478 e. The van der Waals surface area contributed by atoms with E-state index in [-0.39, 0.29) is 24.6 Å². The zero-order chi connectivity index (χ0) is 22.7. The number of carbonyl (C=O) groups is 2. The van der Waals surface area contributed by atoms with E-state index < -0.39 is 29.3 Å². The fourth-order valence-electron chi connectivity index (χ4n) is 3.73. The second kappa shape index (κ2) is 8.90. The van der Waals surface area contributed by atoms with Gasteiger partial charge in [-0.15, -0.1) is 0 Å². The molecule has 0 aromatic heterocycles. The Hall–Kier alpha value is -4.18. The summed E-state index contributed by atoms with van der Waals surface area (Å²) in [6, 6.07) is 17.2. The second-order valence-corrected chi connectivity index (χ2v) is 7.10. The summed E-state index contributed by atoms with van der Waals surface area (Å²) >= 11 is 0. The van der Waals surface area contributed by atoms with Crippen LogP contribution >= 0.6 is 0 Å². The molecule has 5 nitrogen and oxygen atoms in total. The van der Waals surface area contributed by atoms with Gasteiger partial charge in [0.05, 0.1) is 12.1 Å². The number of amides is 1. The van der Waals surface area contributed by atoms with Crippen LogP contribution in [0.25, 0.3) is 11.1 Å². The maximum Gasteiger partial charge on any atom is 0.407 e. The van der Waals surface area contributed by atoms with Crippen molar-refractivity contribution in [2.24, 2.45) is 0 Å². The van der Waals surface area contributed by atoms with E-state index in [1.165, 1.54) is 0 Å². The molecule has 1 amide bonds. The Kier molecular flexibility index (Phi) is 5.86. The molecule has 0 heterocycles. The standard InChI is InChI=1S/C25H17F2NO4/c26-22-12-15(20(24(29)30)13-23(22)27)6-5-11-28-25(31)32-14-21-18-9-3-1-7-16(18)17-8-2-4-10-19(17)21/h1-4,7-10,12-13,21H,11,14H2,(H,28,31)(H,29,30). The lowest BCUT2D eigenvalue weighted by atomic mass is 9.98. The molecule has 0 radical (unpaired) electrons. The van der Waals surface area contributed by atoms with Crippen molar-refractivity contribution in [3.8, 4) is 23.0 Å². The highest BCUT2D eigenvalue weighted by atomic mass is 19.2. The number of aromatic carboxylic acids is 1. The topological polar surface area (TPSA) is 75.6 Å². The summed E-state index contributed by atoms with van der Waals surface area (Å²) in [6.07, 6.45) is -0.690. The maximum absolute atomic E-state index is 13.4. The minimum absolute atomic E-state index is 0.0838. The minimum atomic E-state index is -1.43. The maximum atomic E-state index is 13.4. The van der Waals surface area contributed by atoms with Gasteiger partial charge in [0.15, 0.2) is 11.6 Å². The molecular weight excluding hydrogens is 416 g/mol. The molecule has 4 rings (SSSR count). The molecule has 0 saturated carbocycles. The van der Waals surface area contributed by atoms with E-state index >= 15 is 0 Å². The normalized spacial score (nSPS) is 11.7. The number of rotatable bonds is 4. The molecule has 3 aromatic carbocycles. The summed E-state index contributed by atoms with van der Waals surface area (Å²) in [6.45, 7) is -0.0195. The molecule has 1 aliphatic carbocycles. The first-order valence-corrected chi connectivity index (χ1v) is 9.75. The van der Waals surface area contributed by atoms with Gasteiger partial charge >= 0.3 is 12.1 Å². The van der Waals surface area contributed by atoms with Gasteiger partial charge in [-0.05, 0) is 34.4 Å². The van der Waals surface area contributed by atoms with Gasteiger partial charge in [0, 0.05) is 11.5 Å². The average molecular weight is 433 g/mol. The number of hydrogen-bond acceptors (Lipinski definition) is 3. The third-order valence-corrected chi connectivity index (χ3v) is 5.18. The highest BCUT2D eigenvalue weighted by molar-refractivity contribution is 5.90. The third kappa shape index (κ3) is 4.16. The molecule has 0 unspecified atom stereocenters. The van der Waals surface area contributed by atoms with Crippen LogP contribution in [0.1, 0.15) is 33.0 Å². The number of fused-ring (bicyclic) bond motifs is 3. The van der Waals surface area contributed by atoms with Crippen molar-refractivity contribution in [3.05, 3.63) is 94.6 Å². The Morgan fingerprint density at radius 1 is 0.969 bits per heavy atom. The van der Waals surface area contributed by atoms with Crippen molar-refractivity contribution in [1.82, 2.24) is 5.32 Å². The first-order chi connectivity index (χ1) is 15.5. The van der Waals surface area contributed by atoms with Crippen molar-refractivity contribution in [3.63, 3.8) is 0 Å². The van der Waals surface area contributed by atoms with E-state index in [4.69, 9.17) is 9.84 Å². The molecule has 0 fully saturated rings. The molecule has 2 N–H and O–H groups in total. The Morgan fingerprint density at radius 3 is 2.19 bits per heavy atom. The number of benzene rings is 3. The summed E-state index contributed by atoms with van der Waals surface area (Å²) in [5.74, 6) is 0.958. The molecule has 0 saturated heterocycles. The van der Waals surface area contributed by atoms with E-state index in [9.17, 15) is 18.4 Å². The van der Waals surface area contributed by atoms with E-state index in [1.807, 2.05) is 48.5 Å². The first-order valence-electron chi connectivity index (χ1n) is 9.75. The number of hydrogen-bond donors (Lipinski definition) is 2. The Balaban J connectivity index is 1.38. The molecule has 3 aromatic rings. The molecule has 0 bridgehead atoms. The highest BCUT2D eigenvalue weighted by Gasteiger charge is 2.28. The van der Waals surface area contributed by atoms with Crippen LogP contribution < -0.4 is 5.32 Å². The van der Waals surface area contributed by atoms with Gasteiger partial charge in [0.1, 0.15) is 6.61 Å². The van der Waals surface area contributed by atoms with E-state index in [0.717, 1.165) is 22.3 Å². The Labute approximate surface area is 182 Å². The van der Waals surface area contributed by atoms with Gasteiger partial charge in [0.25, 0.3) is 0 Å². The summed E-state index contributed by atoms with van der Waals surface area (Å²) in [5, 5.41) is 11.5. The number of alkyl carbamates (subject to hydrolysis) is 1. The van der Waals surface area contributed by atoms with Crippen molar-refractivity contribution < 1.29 is 28.2 Å². The summed E-state index contributed by atoms with van der Waals surface area (Å²) < 4.78 is 32.0. The van der Waals surface area contributed by atoms with Gasteiger partial charge in [-0.25, -0.2) is 18.4 Å². The average Bonchev–Trinajstić information content (AvgIpc) is 3.11. The molecule has 0 aliphatic heterocycles. The van der Waals surface area contributed by atoms with Crippen LogP contribution in [0, 0.1) is 23.5 Å². The number of carboxylic acid groups (broad SMARTS) is 1. The van der Waals surface area contributed by atoms with Crippen LogP contribution in [0.5, 0.6) is 0 Å². The lowest BCUT2D eigenvalue weighted by molar-refractivity contribution is 0.0695. The Bertz CT molecular complexity index is 1230. The van der Waals surface area contributed by atoms with Crippen molar-refractivity contribution in [1.29, 1.82) is 0 Å². The van der Waals surface area contributed by atoms with Crippen LogP contribution in [0.15, 0.2) is 60.7 Å². The fourth-order valence-corrected chi connectivity index (χ4v) is 3.73. The number of carboxylic acids is 1. The molecule has 0 spiro atoms. The fraction of sp³-hybridized carbons (Fsp3) is 0.120. The summed E-state index contributed by atoms with van der Waals surface area (Å²) in [7, 11) is 0. The number of ether oxygens (including phenoxy) is 1. The number of nitrogens with one attached hydrogen (secondary N) is 1. The molecule has 0 atom stereocenters. The zero-order valence-electron chi connectivity index (χ0n) is 16.7. The van der Waals surface area contributed by atoms with Gasteiger partial charge < -0.3 is 15.2 Å². The van der Waals surface area contributed by atoms with Crippen molar-refractivity contribution >= 4 is 12.1 Å². The van der Waals surface area contributed by atoms with Gasteiger partial charge in [-0.3, -0.25) is 0 Å². The first kappa shape index (κ1) is 21.1. The predicted molar refractivity (Wildman–Crippen MR) is 113 cm³/mol. The summed E-state index contributed by atoms with van der Waals surface area (Å²) in [5.41, 5.74) is 3.75. The van der Waals surface area contributed by atoms with E-state index in [2.05, 4.69) is 17.2 Å². The van der Waals surface area contributed by atoms with Gasteiger partial charge in [-0.2, -0.15) is 0 Å². The lowest BCUT2D eigenvalue weighted by Crippen LogP contribution is -2.26. The number of carbonyl (C=O) groups excluding carboxylic acids is 1. The van der Waals surface area contributed by atoms with Gasteiger partial charge in [-0.1, -0.05) is 60.4 Å².